The quantitative estimate of drug-likeness (QED) is 0.313. The Hall–Kier alpha value is -2.52. The lowest BCUT2D eigenvalue weighted by Gasteiger charge is -2.44. The van der Waals surface area contributed by atoms with E-state index in [0.29, 0.717) is 0 Å². The minimum Gasteiger partial charge on any atom is -0.479 e. The van der Waals surface area contributed by atoms with Crippen LogP contribution in [0.4, 0.5) is 4.79 Å². The molecule has 0 radical (unpaired) electrons. The zero-order valence-corrected chi connectivity index (χ0v) is 12.3. The Morgan fingerprint density at radius 1 is 1.50 bits per heavy atom. The van der Waals surface area contributed by atoms with Gasteiger partial charge in [0.15, 0.2) is 6.61 Å². The van der Waals surface area contributed by atoms with Crippen molar-refractivity contribution in [1.82, 2.24) is 10.4 Å². The number of rotatable bonds is 6. The number of carbonyl (C=O) groups excluding carboxylic acids is 2. The molecule has 0 unspecified atom stereocenters. The molecule has 11 heteroatoms. The van der Waals surface area contributed by atoms with Gasteiger partial charge in [0.1, 0.15) is 11.6 Å². The van der Waals surface area contributed by atoms with Crippen LogP contribution in [-0.2, 0) is 19.2 Å². The van der Waals surface area contributed by atoms with Crippen molar-refractivity contribution in [2.75, 3.05) is 13.2 Å². The molecule has 0 spiro atoms. The largest absolute Gasteiger partial charge is 0.479 e. The van der Waals surface area contributed by atoms with Gasteiger partial charge in [-0.15, -0.1) is 0 Å². The molecule has 1 rings (SSSR count). The van der Waals surface area contributed by atoms with Gasteiger partial charge in [0.05, 0.1) is 12.6 Å². The summed E-state index contributed by atoms with van der Waals surface area (Å²) in [5, 5.41) is 14.9. The van der Waals surface area contributed by atoms with E-state index in [9.17, 15) is 14.4 Å². The summed E-state index contributed by atoms with van der Waals surface area (Å²) in [6.07, 6.45) is -0.810. The van der Waals surface area contributed by atoms with Crippen molar-refractivity contribution in [2.45, 2.75) is 38.5 Å². The summed E-state index contributed by atoms with van der Waals surface area (Å²) in [5.74, 6) is -1.91. The topological polar surface area (TPSA) is 154 Å². The third-order valence-corrected chi connectivity index (χ3v) is 2.50. The molecule has 0 bridgehead atoms. The number of aliphatic carboxylic acids is 1. The van der Waals surface area contributed by atoms with Gasteiger partial charge in [-0.25, -0.2) is 14.7 Å². The predicted molar refractivity (Wildman–Crippen MR) is 71.4 cm³/mol. The SMILES string of the molecule is CC(C)(C)OC(=O)N[C@H]1C(=O)N(OCC(=O)O)[C@@H]1CN=[N+]=[N-]. The zero-order chi connectivity index (χ0) is 16.9. The van der Waals surface area contributed by atoms with Gasteiger partial charge >= 0.3 is 12.1 Å². The molecule has 2 amide bonds. The summed E-state index contributed by atoms with van der Waals surface area (Å²) >= 11 is 0. The first kappa shape index (κ1) is 17.5. The lowest BCUT2D eigenvalue weighted by molar-refractivity contribution is -0.234. The van der Waals surface area contributed by atoms with Crippen LogP contribution in [-0.4, -0.2) is 59.0 Å². The van der Waals surface area contributed by atoms with Crippen LogP contribution < -0.4 is 5.32 Å². The molecule has 2 N–H and O–H groups in total. The summed E-state index contributed by atoms with van der Waals surface area (Å²) in [5.41, 5.74) is 7.59. The van der Waals surface area contributed by atoms with Crippen molar-refractivity contribution < 1.29 is 29.1 Å². The first-order valence-electron chi connectivity index (χ1n) is 6.34. The normalized spacial score (nSPS) is 20.7. The van der Waals surface area contributed by atoms with E-state index in [0.717, 1.165) is 5.06 Å². The molecule has 0 aromatic rings. The minimum absolute atomic E-state index is 0.178. The molecule has 1 aliphatic rings. The molecular formula is C11H17N5O6. The van der Waals surface area contributed by atoms with E-state index in [2.05, 4.69) is 15.3 Å². The fraction of sp³-hybridized carbons (Fsp3) is 0.727. The van der Waals surface area contributed by atoms with Crippen molar-refractivity contribution in [3.63, 3.8) is 0 Å². The second kappa shape index (κ2) is 6.96. The standard InChI is InChI=1S/C11H17N5O6/c1-11(2,3)22-10(20)14-8-6(4-13-15-12)16(9(8)19)21-5-7(17)18/h6,8H,4-5H2,1-3H3,(H,14,20)(H,17,18)/t6-,8-/m1/s1. The molecule has 1 fully saturated rings. The zero-order valence-electron chi connectivity index (χ0n) is 12.3. The molecule has 11 nitrogen and oxygen atoms in total. The Morgan fingerprint density at radius 3 is 2.64 bits per heavy atom. The van der Waals surface area contributed by atoms with Gasteiger partial charge < -0.3 is 15.2 Å². The Kier molecular flexibility index (Phi) is 5.55. The number of hydroxylamine groups is 2. The maximum atomic E-state index is 11.9. The molecule has 1 saturated heterocycles. The Labute approximate surface area is 125 Å². The predicted octanol–water partition coefficient (Wildman–Crippen LogP) is 0.417. The van der Waals surface area contributed by atoms with E-state index in [1.54, 1.807) is 20.8 Å². The molecule has 1 aliphatic heterocycles. The maximum absolute atomic E-state index is 11.9. The Morgan fingerprint density at radius 2 is 2.14 bits per heavy atom. The van der Waals surface area contributed by atoms with Gasteiger partial charge in [-0.3, -0.25) is 9.63 Å². The molecule has 22 heavy (non-hydrogen) atoms. The van der Waals surface area contributed by atoms with Crippen LogP contribution in [0.1, 0.15) is 20.8 Å². The molecule has 0 aromatic carbocycles. The van der Waals surface area contributed by atoms with Gasteiger partial charge in [0.2, 0.25) is 0 Å². The van der Waals surface area contributed by atoms with Crippen LogP contribution >= 0.6 is 0 Å². The molecular weight excluding hydrogens is 298 g/mol. The van der Waals surface area contributed by atoms with Crippen LogP contribution in [0.15, 0.2) is 5.11 Å². The number of carboxylic acids is 1. The third kappa shape index (κ3) is 4.79. The van der Waals surface area contributed by atoms with Gasteiger partial charge in [-0.05, 0) is 26.3 Å². The minimum atomic E-state index is -1.26. The Balaban J connectivity index is 2.68. The molecule has 1 heterocycles. The van der Waals surface area contributed by atoms with E-state index in [1.165, 1.54) is 0 Å². The summed E-state index contributed by atoms with van der Waals surface area (Å²) in [6.45, 7) is 4.08. The number of hydrogen-bond donors (Lipinski definition) is 2. The molecule has 2 atom stereocenters. The summed E-state index contributed by atoms with van der Waals surface area (Å²) in [6, 6.07) is -1.80. The monoisotopic (exact) mass is 315 g/mol. The van der Waals surface area contributed by atoms with E-state index < -0.39 is 42.3 Å². The molecule has 0 saturated carbocycles. The van der Waals surface area contributed by atoms with Crippen molar-refractivity contribution >= 4 is 18.0 Å². The summed E-state index contributed by atoms with van der Waals surface area (Å²) in [4.78, 5) is 41.3. The van der Waals surface area contributed by atoms with Gasteiger partial charge in [-0.1, -0.05) is 5.11 Å². The number of hydrogen-bond acceptors (Lipinski definition) is 6. The second-order valence-electron chi connectivity index (χ2n) is 5.44. The Bertz CT molecular complexity index is 510. The lowest BCUT2D eigenvalue weighted by atomic mass is 9.98. The summed E-state index contributed by atoms with van der Waals surface area (Å²) < 4.78 is 5.02. The molecule has 0 aliphatic carbocycles. The molecule has 0 aromatic heterocycles. The second-order valence-corrected chi connectivity index (χ2v) is 5.44. The van der Waals surface area contributed by atoms with Crippen LogP contribution in [0, 0.1) is 0 Å². The molecule has 122 valence electrons. The smallest absolute Gasteiger partial charge is 0.408 e. The highest BCUT2D eigenvalue weighted by Gasteiger charge is 2.49. The number of β-lactam (4-membered cyclic amide) rings is 1. The van der Waals surface area contributed by atoms with Crippen LogP contribution in [0.2, 0.25) is 0 Å². The average Bonchev–Trinajstić information content (AvgIpc) is 2.37. The van der Waals surface area contributed by atoms with Crippen LogP contribution in [0.5, 0.6) is 0 Å². The first-order chi connectivity index (χ1) is 10.2. The van der Waals surface area contributed by atoms with E-state index >= 15 is 0 Å². The number of amides is 2. The number of carbonyl (C=O) groups is 3. The highest BCUT2D eigenvalue weighted by atomic mass is 16.7. The number of carboxylic acid groups (broad SMARTS) is 1. The summed E-state index contributed by atoms with van der Waals surface area (Å²) in [7, 11) is 0. The van der Waals surface area contributed by atoms with Crippen molar-refractivity contribution in [2.24, 2.45) is 5.11 Å². The van der Waals surface area contributed by atoms with Crippen LogP contribution in [0.3, 0.4) is 0 Å². The van der Waals surface area contributed by atoms with Crippen molar-refractivity contribution in [3.05, 3.63) is 10.4 Å². The fourth-order valence-electron chi connectivity index (χ4n) is 1.69. The third-order valence-electron chi connectivity index (χ3n) is 2.50. The van der Waals surface area contributed by atoms with E-state index in [-0.39, 0.29) is 6.54 Å². The van der Waals surface area contributed by atoms with Gasteiger partial charge in [0.25, 0.3) is 5.91 Å². The number of ether oxygens (including phenoxy) is 1. The number of nitrogens with zero attached hydrogens (tertiary/aromatic N) is 4. The van der Waals surface area contributed by atoms with Gasteiger partial charge in [0, 0.05) is 4.91 Å². The number of azide groups is 1. The van der Waals surface area contributed by atoms with Crippen molar-refractivity contribution in [3.8, 4) is 0 Å². The van der Waals surface area contributed by atoms with Gasteiger partial charge in [-0.2, -0.15) is 0 Å². The average molecular weight is 315 g/mol. The van der Waals surface area contributed by atoms with E-state index in [4.69, 9.17) is 20.2 Å². The van der Waals surface area contributed by atoms with E-state index in [1.807, 2.05) is 0 Å². The van der Waals surface area contributed by atoms with Crippen molar-refractivity contribution in [1.29, 1.82) is 0 Å². The lowest BCUT2D eigenvalue weighted by Crippen LogP contribution is -2.71. The number of nitrogens with one attached hydrogen (secondary N) is 1. The fourth-order valence-corrected chi connectivity index (χ4v) is 1.69. The number of alkyl carbamates (subject to hydrolysis) is 1. The highest BCUT2D eigenvalue weighted by molar-refractivity contribution is 5.91. The van der Waals surface area contributed by atoms with Crippen LogP contribution in [0.25, 0.3) is 10.4 Å². The highest BCUT2D eigenvalue weighted by Crippen LogP contribution is 2.22. The maximum Gasteiger partial charge on any atom is 0.408 e. The first-order valence-corrected chi connectivity index (χ1v) is 6.34.